The summed E-state index contributed by atoms with van der Waals surface area (Å²) in [5.74, 6) is 0.735. The van der Waals surface area contributed by atoms with Gasteiger partial charge in [-0.2, -0.15) is 0 Å². The Morgan fingerprint density at radius 3 is 2.21 bits per heavy atom. The topological polar surface area (TPSA) is 20.3 Å². The SMILES string of the molecule is O=C(c1ccc2ccccc2c1)N1CCC(c2ccccc2)CC1. The summed E-state index contributed by atoms with van der Waals surface area (Å²) < 4.78 is 0. The van der Waals surface area contributed by atoms with Crippen LogP contribution in [0.2, 0.25) is 0 Å². The van der Waals surface area contributed by atoms with Gasteiger partial charge in [-0.3, -0.25) is 4.79 Å². The number of carbonyl (C=O) groups is 1. The summed E-state index contributed by atoms with van der Waals surface area (Å²) in [7, 11) is 0. The molecule has 3 aromatic carbocycles. The third-order valence-corrected chi connectivity index (χ3v) is 5.05. The van der Waals surface area contributed by atoms with Crippen molar-refractivity contribution in [1.29, 1.82) is 0 Å². The number of amides is 1. The van der Waals surface area contributed by atoms with Crippen molar-refractivity contribution in [1.82, 2.24) is 4.90 Å². The van der Waals surface area contributed by atoms with Crippen molar-refractivity contribution in [3.05, 3.63) is 83.9 Å². The Balaban J connectivity index is 1.47. The number of likely N-dealkylation sites (tertiary alicyclic amines) is 1. The summed E-state index contributed by atoms with van der Waals surface area (Å²) >= 11 is 0. The highest BCUT2D eigenvalue weighted by molar-refractivity contribution is 5.98. The summed E-state index contributed by atoms with van der Waals surface area (Å²) in [4.78, 5) is 14.8. The highest BCUT2D eigenvalue weighted by Crippen LogP contribution is 2.28. The van der Waals surface area contributed by atoms with Crippen LogP contribution in [0.3, 0.4) is 0 Å². The summed E-state index contributed by atoms with van der Waals surface area (Å²) in [5, 5.41) is 2.30. The van der Waals surface area contributed by atoms with E-state index >= 15 is 0 Å². The van der Waals surface area contributed by atoms with Crippen LogP contribution < -0.4 is 0 Å². The van der Waals surface area contributed by atoms with Crippen molar-refractivity contribution in [3.8, 4) is 0 Å². The molecule has 0 aromatic heterocycles. The van der Waals surface area contributed by atoms with Gasteiger partial charge in [0.2, 0.25) is 0 Å². The number of piperidine rings is 1. The van der Waals surface area contributed by atoms with Crippen molar-refractivity contribution >= 4 is 16.7 Å². The molecule has 0 spiro atoms. The first kappa shape index (κ1) is 14.9. The van der Waals surface area contributed by atoms with Crippen LogP contribution in [0.4, 0.5) is 0 Å². The number of nitrogens with zero attached hydrogens (tertiary/aromatic N) is 1. The van der Waals surface area contributed by atoms with E-state index in [-0.39, 0.29) is 5.91 Å². The second-order valence-electron chi connectivity index (χ2n) is 6.54. The third kappa shape index (κ3) is 2.92. The molecule has 24 heavy (non-hydrogen) atoms. The average molecular weight is 315 g/mol. The van der Waals surface area contributed by atoms with Crippen molar-refractivity contribution in [2.45, 2.75) is 18.8 Å². The molecule has 1 amide bonds. The standard InChI is InChI=1S/C22H21NO/c24-22(21-11-10-18-8-4-5-9-20(18)16-21)23-14-12-19(13-15-23)17-6-2-1-3-7-17/h1-11,16,19H,12-15H2. The molecule has 0 atom stereocenters. The Morgan fingerprint density at radius 2 is 1.46 bits per heavy atom. The average Bonchev–Trinajstić information content (AvgIpc) is 2.68. The molecule has 0 unspecified atom stereocenters. The van der Waals surface area contributed by atoms with Crippen LogP contribution in [0, 0.1) is 0 Å². The quantitative estimate of drug-likeness (QED) is 0.661. The van der Waals surface area contributed by atoms with Crippen LogP contribution >= 0.6 is 0 Å². The molecule has 0 radical (unpaired) electrons. The van der Waals surface area contributed by atoms with Crippen LogP contribution in [0.5, 0.6) is 0 Å². The number of rotatable bonds is 2. The highest BCUT2D eigenvalue weighted by Gasteiger charge is 2.24. The fraction of sp³-hybridized carbons (Fsp3) is 0.227. The first-order valence-electron chi connectivity index (χ1n) is 8.64. The zero-order valence-corrected chi connectivity index (χ0v) is 13.7. The van der Waals surface area contributed by atoms with Gasteiger partial charge in [-0.25, -0.2) is 0 Å². The number of carbonyl (C=O) groups excluding carboxylic acids is 1. The number of hydrogen-bond donors (Lipinski definition) is 0. The molecule has 1 fully saturated rings. The maximum Gasteiger partial charge on any atom is 0.253 e. The predicted octanol–water partition coefficient (Wildman–Crippen LogP) is 4.86. The summed E-state index contributed by atoms with van der Waals surface area (Å²) in [6.07, 6.45) is 2.09. The Hall–Kier alpha value is -2.61. The van der Waals surface area contributed by atoms with E-state index in [1.807, 2.05) is 35.2 Å². The minimum atomic E-state index is 0.160. The number of benzene rings is 3. The van der Waals surface area contributed by atoms with E-state index in [0.29, 0.717) is 5.92 Å². The second kappa shape index (κ2) is 6.48. The molecule has 2 heteroatoms. The fourth-order valence-electron chi connectivity index (χ4n) is 3.65. The summed E-state index contributed by atoms with van der Waals surface area (Å²) in [6.45, 7) is 1.68. The zero-order chi connectivity index (χ0) is 16.4. The van der Waals surface area contributed by atoms with Gasteiger partial charge < -0.3 is 4.90 Å². The summed E-state index contributed by atoms with van der Waals surface area (Å²) in [5.41, 5.74) is 2.20. The largest absolute Gasteiger partial charge is 0.339 e. The smallest absolute Gasteiger partial charge is 0.253 e. The molecule has 1 aliphatic rings. The fourth-order valence-corrected chi connectivity index (χ4v) is 3.65. The molecule has 120 valence electrons. The van der Waals surface area contributed by atoms with Gasteiger partial charge in [-0.05, 0) is 47.2 Å². The first-order valence-corrected chi connectivity index (χ1v) is 8.64. The Kier molecular flexibility index (Phi) is 4.04. The number of hydrogen-bond acceptors (Lipinski definition) is 1. The van der Waals surface area contributed by atoms with E-state index in [9.17, 15) is 4.79 Å². The molecule has 3 aromatic rings. The van der Waals surface area contributed by atoms with E-state index < -0.39 is 0 Å². The summed E-state index contributed by atoms with van der Waals surface area (Å²) in [6, 6.07) is 24.8. The van der Waals surface area contributed by atoms with E-state index in [2.05, 4.69) is 42.5 Å². The van der Waals surface area contributed by atoms with Crippen LogP contribution in [-0.4, -0.2) is 23.9 Å². The second-order valence-corrected chi connectivity index (χ2v) is 6.54. The Labute approximate surface area is 142 Å². The van der Waals surface area contributed by atoms with Gasteiger partial charge in [0.05, 0.1) is 0 Å². The van der Waals surface area contributed by atoms with Gasteiger partial charge in [0, 0.05) is 18.7 Å². The molecule has 0 aliphatic carbocycles. The van der Waals surface area contributed by atoms with Crippen LogP contribution in [0.25, 0.3) is 10.8 Å². The van der Waals surface area contributed by atoms with E-state index in [1.165, 1.54) is 10.9 Å². The van der Waals surface area contributed by atoms with Gasteiger partial charge in [0.15, 0.2) is 0 Å². The highest BCUT2D eigenvalue weighted by atomic mass is 16.2. The lowest BCUT2D eigenvalue weighted by molar-refractivity contribution is 0.0713. The Morgan fingerprint density at radius 1 is 0.792 bits per heavy atom. The van der Waals surface area contributed by atoms with Crippen LogP contribution in [0.1, 0.15) is 34.7 Å². The van der Waals surface area contributed by atoms with Crippen molar-refractivity contribution in [2.24, 2.45) is 0 Å². The van der Waals surface area contributed by atoms with Crippen molar-refractivity contribution in [3.63, 3.8) is 0 Å². The van der Waals surface area contributed by atoms with Crippen LogP contribution in [-0.2, 0) is 0 Å². The van der Waals surface area contributed by atoms with E-state index in [4.69, 9.17) is 0 Å². The molecular weight excluding hydrogens is 294 g/mol. The maximum atomic E-state index is 12.8. The third-order valence-electron chi connectivity index (χ3n) is 5.05. The normalized spacial score (nSPS) is 15.6. The lowest BCUT2D eigenvalue weighted by Crippen LogP contribution is -2.37. The van der Waals surface area contributed by atoms with Crippen LogP contribution in [0.15, 0.2) is 72.8 Å². The molecule has 4 rings (SSSR count). The van der Waals surface area contributed by atoms with Crippen molar-refractivity contribution in [2.75, 3.05) is 13.1 Å². The van der Waals surface area contributed by atoms with Gasteiger partial charge in [-0.15, -0.1) is 0 Å². The van der Waals surface area contributed by atoms with Crippen molar-refractivity contribution < 1.29 is 4.79 Å². The molecule has 0 N–H and O–H groups in total. The predicted molar refractivity (Wildman–Crippen MR) is 98.3 cm³/mol. The molecule has 1 saturated heterocycles. The Bertz CT molecular complexity index is 848. The van der Waals surface area contributed by atoms with Gasteiger partial charge in [0.1, 0.15) is 0 Å². The van der Waals surface area contributed by atoms with Gasteiger partial charge >= 0.3 is 0 Å². The molecule has 2 nitrogen and oxygen atoms in total. The first-order chi connectivity index (χ1) is 11.8. The van der Waals surface area contributed by atoms with E-state index in [0.717, 1.165) is 36.9 Å². The van der Waals surface area contributed by atoms with Gasteiger partial charge in [0.25, 0.3) is 5.91 Å². The lowest BCUT2D eigenvalue weighted by atomic mass is 9.89. The lowest BCUT2D eigenvalue weighted by Gasteiger charge is -2.32. The number of fused-ring (bicyclic) bond motifs is 1. The molecule has 1 aliphatic heterocycles. The van der Waals surface area contributed by atoms with Gasteiger partial charge in [-0.1, -0.05) is 60.7 Å². The molecule has 0 saturated carbocycles. The minimum Gasteiger partial charge on any atom is -0.339 e. The van der Waals surface area contributed by atoms with E-state index in [1.54, 1.807) is 0 Å². The molecule has 1 heterocycles. The zero-order valence-electron chi connectivity index (χ0n) is 13.7. The maximum absolute atomic E-state index is 12.8. The monoisotopic (exact) mass is 315 g/mol. The minimum absolute atomic E-state index is 0.160. The molecular formula is C22H21NO. The molecule has 0 bridgehead atoms.